The van der Waals surface area contributed by atoms with Crippen molar-refractivity contribution in [3.63, 3.8) is 0 Å². The van der Waals surface area contributed by atoms with Crippen LogP contribution in [0.25, 0.3) is 11.0 Å². The molecule has 1 heterocycles. The van der Waals surface area contributed by atoms with Gasteiger partial charge in [-0.15, -0.1) is 12.4 Å². The SMILES string of the molecule is Cl.Nc1ccc(OCC(O)Cn2cnc3ccccc32)cc1. The molecule has 2 aromatic carbocycles. The van der Waals surface area contributed by atoms with Gasteiger partial charge in [-0.2, -0.15) is 0 Å². The maximum atomic E-state index is 10.1. The molecular formula is C16H18ClN3O2. The molecule has 6 heteroatoms. The largest absolute Gasteiger partial charge is 0.491 e. The quantitative estimate of drug-likeness (QED) is 0.709. The molecule has 0 saturated carbocycles. The van der Waals surface area contributed by atoms with Crippen molar-refractivity contribution in [2.75, 3.05) is 12.3 Å². The van der Waals surface area contributed by atoms with Crippen molar-refractivity contribution in [1.82, 2.24) is 9.55 Å². The second-order valence-corrected chi connectivity index (χ2v) is 4.92. The van der Waals surface area contributed by atoms with Gasteiger partial charge in [0.25, 0.3) is 0 Å². The molecule has 0 aliphatic carbocycles. The van der Waals surface area contributed by atoms with Gasteiger partial charge in [-0.25, -0.2) is 4.98 Å². The summed E-state index contributed by atoms with van der Waals surface area (Å²) in [5.74, 6) is 0.693. The van der Waals surface area contributed by atoms with E-state index in [0.29, 0.717) is 18.0 Å². The summed E-state index contributed by atoms with van der Waals surface area (Å²) in [7, 11) is 0. The molecule has 0 radical (unpaired) electrons. The summed E-state index contributed by atoms with van der Waals surface area (Å²) < 4.78 is 7.47. The lowest BCUT2D eigenvalue weighted by Crippen LogP contribution is -2.23. The van der Waals surface area contributed by atoms with Crippen LogP contribution in [0.15, 0.2) is 54.9 Å². The van der Waals surface area contributed by atoms with Crippen LogP contribution in [0.3, 0.4) is 0 Å². The zero-order valence-corrected chi connectivity index (χ0v) is 12.7. The molecule has 3 N–H and O–H groups in total. The van der Waals surface area contributed by atoms with E-state index < -0.39 is 6.10 Å². The Balaban J connectivity index is 0.00000176. The number of nitrogen functional groups attached to an aromatic ring is 1. The van der Waals surface area contributed by atoms with Gasteiger partial charge in [0, 0.05) is 5.69 Å². The normalized spacial score (nSPS) is 11.9. The van der Waals surface area contributed by atoms with Gasteiger partial charge in [0.15, 0.2) is 0 Å². The van der Waals surface area contributed by atoms with E-state index in [1.54, 1.807) is 30.6 Å². The standard InChI is InChI=1S/C16H17N3O2.ClH/c17-12-5-7-14(8-6-12)21-10-13(20)9-19-11-18-15-3-1-2-4-16(15)19;/h1-8,11,13,20H,9-10,17H2;1H. The van der Waals surface area contributed by atoms with Crippen LogP contribution < -0.4 is 10.5 Å². The lowest BCUT2D eigenvalue weighted by atomic mass is 10.3. The Labute approximate surface area is 134 Å². The molecule has 1 atom stereocenters. The molecule has 3 aromatic rings. The Morgan fingerprint density at radius 1 is 1.14 bits per heavy atom. The van der Waals surface area contributed by atoms with Crippen molar-refractivity contribution in [3.05, 3.63) is 54.9 Å². The zero-order chi connectivity index (χ0) is 14.7. The van der Waals surface area contributed by atoms with E-state index in [9.17, 15) is 5.11 Å². The maximum Gasteiger partial charge on any atom is 0.119 e. The molecule has 0 aliphatic rings. The molecule has 0 fully saturated rings. The Hall–Kier alpha value is -2.24. The third kappa shape index (κ3) is 3.69. The van der Waals surface area contributed by atoms with Gasteiger partial charge in [-0.05, 0) is 36.4 Å². The monoisotopic (exact) mass is 319 g/mol. The summed E-state index contributed by atoms with van der Waals surface area (Å²) in [6.07, 6.45) is 1.12. The number of nitrogens with zero attached hydrogens (tertiary/aromatic N) is 2. The van der Waals surface area contributed by atoms with Gasteiger partial charge >= 0.3 is 0 Å². The van der Waals surface area contributed by atoms with Gasteiger partial charge in [-0.1, -0.05) is 12.1 Å². The lowest BCUT2D eigenvalue weighted by Gasteiger charge is -2.13. The maximum absolute atomic E-state index is 10.1. The van der Waals surface area contributed by atoms with Crippen molar-refractivity contribution in [2.45, 2.75) is 12.6 Å². The highest BCUT2D eigenvalue weighted by atomic mass is 35.5. The summed E-state index contributed by atoms with van der Waals surface area (Å²) in [5, 5.41) is 10.1. The van der Waals surface area contributed by atoms with Crippen LogP contribution in [0.1, 0.15) is 0 Å². The first-order valence-corrected chi connectivity index (χ1v) is 6.78. The van der Waals surface area contributed by atoms with Crippen molar-refractivity contribution >= 4 is 29.1 Å². The molecule has 0 spiro atoms. The molecule has 1 unspecified atom stereocenters. The highest BCUT2D eigenvalue weighted by Gasteiger charge is 2.09. The van der Waals surface area contributed by atoms with Crippen molar-refractivity contribution < 1.29 is 9.84 Å². The molecule has 1 aromatic heterocycles. The van der Waals surface area contributed by atoms with Gasteiger partial charge in [0.05, 0.1) is 23.9 Å². The number of aliphatic hydroxyl groups is 1. The molecule has 116 valence electrons. The number of halogens is 1. The minimum absolute atomic E-state index is 0. The van der Waals surface area contributed by atoms with Crippen molar-refractivity contribution in [1.29, 1.82) is 0 Å². The average Bonchev–Trinajstić information content (AvgIpc) is 2.90. The number of aliphatic hydroxyl groups excluding tert-OH is 1. The van der Waals surface area contributed by atoms with Crippen molar-refractivity contribution in [3.8, 4) is 5.75 Å². The van der Waals surface area contributed by atoms with Crippen LogP contribution in [0.4, 0.5) is 5.69 Å². The number of benzene rings is 2. The molecule has 3 rings (SSSR count). The first kappa shape index (κ1) is 16.1. The second kappa shape index (κ2) is 7.15. The van der Waals surface area contributed by atoms with Gasteiger partial charge in [-0.3, -0.25) is 0 Å². The highest BCUT2D eigenvalue weighted by molar-refractivity contribution is 5.85. The lowest BCUT2D eigenvalue weighted by molar-refractivity contribution is 0.0934. The third-order valence-corrected chi connectivity index (χ3v) is 3.26. The number of nitrogens with two attached hydrogens (primary N) is 1. The number of imidazole rings is 1. The fraction of sp³-hybridized carbons (Fsp3) is 0.188. The number of rotatable bonds is 5. The molecule has 5 nitrogen and oxygen atoms in total. The molecule has 0 aliphatic heterocycles. The fourth-order valence-electron chi connectivity index (χ4n) is 2.19. The molecule has 22 heavy (non-hydrogen) atoms. The average molecular weight is 320 g/mol. The number of aromatic nitrogens is 2. The van der Waals surface area contributed by atoms with E-state index in [1.165, 1.54) is 0 Å². The Morgan fingerprint density at radius 3 is 2.64 bits per heavy atom. The summed E-state index contributed by atoms with van der Waals surface area (Å²) in [6, 6.07) is 14.9. The Kier molecular flexibility index (Phi) is 5.25. The topological polar surface area (TPSA) is 73.3 Å². The zero-order valence-electron chi connectivity index (χ0n) is 11.9. The van der Waals surface area contributed by atoms with E-state index in [1.807, 2.05) is 28.8 Å². The smallest absolute Gasteiger partial charge is 0.119 e. The molecule has 0 saturated heterocycles. The van der Waals surface area contributed by atoms with Crippen LogP contribution in [-0.2, 0) is 6.54 Å². The van der Waals surface area contributed by atoms with Gasteiger partial charge in [0.2, 0.25) is 0 Å². The van der Waals surface area contributed by atoms with E-state index in [0.717, 1.165) is 11.0 Å². The van der Waals surface area contributed by atoms with Gasteiger partial charge < -0.3 is 20.1 Å². The third-order valence-electron chi connectivity index (χ3n) is 3.26. The number of anilines is 1. The van der Waals surface area contributed by atoms with Crippen LogP contribution >= 0.6 is 12.4 Å². The highest BCUT2D eigenvalue weighted by Crippen LogP contribution is 2.15. The summed E-state index contributed by atoms with van der Waals surface area (Å²) >= 11 is 0. The number of para-hydroxylation sites is 2. The van der Waals surface area contributed by atoms with E-state index in [2.05, 4.69) is 4.98 Å². The molecule has 0 amide bonds. The first-order chi connectivity index (χ1) is 10.2. The first-order valence-electron chi connectivity index (χ1n) is 6.78. The number of hydrogen-bond donors (Lipinski definition) is 2. The predicted octanol–water partition coefficient (Wildman–Crippen LogP) is 2.48. The van der Waals surface area contributed by atoms with Crippen molar-refractivity contribution in [2.24, 2.45) is 0 Å². The summed E-state index contributed by atoms with van der Waals surface area (Å²) in [6.45, 7) is 0.659. The summed E-state index contributed by atoms with van der Waals surface area (Å²) in [5.41, 5.74) is 8.22. The van der Waals surface area contributed by atoms with Crippen LogP contribution in [0.2, 0.25) is 0 Å². The van der Waals surface area contributed by atoms with Gasteiger partial charge in [0.1, 0.15) is 18.5 Å². The summed E-state index contributed by atoms with van der Waals surface area (Å²) in [4.78, 5) is 4.30. The Bertz CT molecular complexity index is 728. The number of hydrogen-bond acceptors (Lipinski definition) is 4. The minimum atomic E-state index is -0.611. The van der Waals surface area contributed by atoms with E-state index >= 15 is 0 Å². The minimum Gasteiger partial charge on any atom is -0.491 e. The molecule has 0 bridgehead atoms. The Morgan fingerprint density at radius 2 is 1.86 bits per heavy atom. The van der Waals surface area contributed by atoms with Crippen LogP contribution in [0, 0.1) is 0 Å². The van der Waals surface area contributed by atoms with E-state index in [4.69, 9.17) is 10.5 Å². The number of ether oxygens (including phenoxy) is 1. The fourth-order valence-corrected chi connectivity index (χ4v) is 2.19. The van der Waals surface area contributed by atoms with Crippen LogP contribution in [-0.4, -0.2) is 27.4 Å². The number of fused-ring (bicyclic) bond motifs is 1. The van der Waals surface area contributed by atoms with Crippen LogP contribution in [0.5, 0.6) is 5.75 Å². The predicted molar refractivity (Wildman–Crippen MR) is 89.3 cm³/mol. The molecular weight excluding hydrogens is 302 g/mol. The second-order valence-electron chi connectivity index (χ2n) is 4.92. The van der Waals surface area contributed by atoms with E-state index in [-0.39, 0.29) is 19.0 Å².